The van der Waals surface area contributed by atoms with E-state index in [1.54, 1.807) is 0 Å². The van der Waals surface area contributed by atoms with Crippen molar-refractivity contribution in [3.63, 3.8) is 0 Å². The number of rotatable bonds is 3. The Kier molecular flexibility index (Phi) is 21.9. The lowest BCUT2D eigenvalue weighted by Crippen LogP contribution is -2.45. The minimum absolute atomic E-state index is 0.946. The molecule has 250 valence electrons. The van der Waals surface area contributed by atoms with Gasteiger partial charge in [0.15, 0.2) is 0 Å². The summed E-state index contributed by atoms with van der Waals surface area (Å²) in [6.07, 6.45) is 38.0. The van der Waals surface area contributed by atoms with Gasteiger partial charge in [0.25, 0.3) is 0 Å². The van der Waals surface area contributed by atoms with Gasteiger partial charge in [0, 0.05) is 6.54 Å². The molecule has 2 atom stereocenters. The minimum atomic E-state index is 0.946. The topological polar surface area (TPSA) is 3.24 Å². The van der Waals surface area contributed by atoms with Crippen LogP contribution in [0.2, 0.25) is 0 Å². The number of hydrogen-bond acceptors (Lipinski definition) is 1. The standard InChI is InChI=1S/C39H81N3/c1-5-42(4)36-28-20-11-7-9-16-24-32-40(33-25-17-13-21-29-37-42)38-39-30-22-14-8-6-10-18-26-34-41(2,3)35-27-19-12-15-23-31-39/h39H,5-38H2,1-4H3/q+2. The van der Waals surface area contributed by atoms with Crippen LogP contribution in [0.4, 0.5) is 0 Å². The van der Waals surface area contributed by atoms with E-state index in [-0.39, 0.29) is 0 Å². The van der Waals surface area contributed by atoms with Gasteiger partial charge in [-0.2, -0.15) is 0 Å². The molecule has 3 heteroatoms. The summed E-state index contributed by atoms with van der Waals surface area (Å²) < 4.78 is 2.56. The van der Waals surface area contributed by atoms with Crippen molar-refractivity contribution in [3.8, 4) is 0 Å². The molecule has 2 aliphatic heterocycles. The zero-order chi connectivity index (χ0) is 30.2. The van der Waals surface area contributed by atoms with Crippen molar-refractivity contribution in [1.29, 1.82) is 0 Å². The summed E-state index contributed by atoms with van der Waals surface area (Å²) in [7, 11) is 7.46. The highest BCUT2D eigenvalue weighted by Crippen LogP contribution is 2.22. The van der Waals surface area contributed by atoms with Gasteiger partial charge in [-0.1, -0.05) is 89.9 Å². The first-order chi connectivity index (χ1) is 20.4. The van der Waals surface area contributed by atoms with Crippen molar-refractivity contribution in [2.45, 2.75) is 174 Å². The highest BCUT2D eigenvalue weighted by Gasteiger charge is 2.19. The molecule has 0 saturated carbocycles. The van der Waals surface area contributed by atoms with E-state index in [0.717, 1.165) is 5.92 Å². The second-order valence-corrected chi connectivity index (χ2v) is 16.0. The number of nitrogens with zero attached hydrogens (tertiary/aromatic N) is 3. The van der Waals surface area contributed by atoms with Crippen LogP contribution in [0.5, 0.6) is 0 Å². The van der Waals surface area contributed by atoms with Crippen LogP contribution in [0.15, 0.2) is 0 Å². The Balaban J connectivity index is 1.84. The maximum Gasteiger partial charge on any atom is 0.0784 e. The van der Waals surface area contributed by atoms with E-state index in [2.05, 4.69) is 33.0 Å². The fourth-order valence-electron chi connectivity index (χ4n) is 7.96. The third kappa shape index (κ3) is 20.0. The Morgan fingerprint density at radius 1 is 0.429 bits per heavy atom. The van der Waals surface area contributed by atoms with Crippen LogP contribution in [-0.2, 0) is 0 Å². The second kappa shape index (κ2) is 24.2. The largest absolute Gasteiger partial charge is 0.328 e. The predicted octanol–water partition coefficient (Wildman–Crippen LogP) is 10.6. The summed E-state index contributed by atoms with van der Waals surface area (Å²) in [6.45, 7) is 13.4. The molecule has 0 aromatic rings. The molecule has 0 amide bonds. The summed E-state index contributed by atoms with van der Waals surface area (Å²) in [4.78, 5) is 2.95. The van der Waals surface area contributed by atoms with E-state index >= 15 is 0 Å². The molecule has 0 aliphatic carbocycles. The molecular weight excluding hydrogens is 510 g/mol. The molecule has 2 unspecified atom stereocenters. The van der Waals surface area contributed by atoms with Crippen LogP contribution in [0, 0.1) is 5.92 Å². The average molecular weight is 592 g/mol. The molecule has 2 rings (SSSR count). The molecule has 0 radical (unpaired) electrons. The van der Waals surface area contributed by atoms with Gasteiger partial charge in [0.2, 0.25) is 0 Å². The fourth-order valence-corrected chi connectivity index (χ4v) is 7.96. The highest BCUT2D eigenvalue weighted by molar-refractivity contribution is 4.69. The van der Waals surface area contributed by atoms with Gasteiger partial charge in [-0.05, 0) is 103 Å². The maximum absolute atomic E-state index is 2.95. The SMILES string of the molecule is CC[N+]1(C)CCCCCCCCCN(CC2CCCCCCCCC[N+](C)(C)CCCCCCC2)CCCCCCC1. The molecule has 0 aromatic carbocycles. The average Bonchev–Trinajstić information content (AvgIpc) is 2.97. The van der Waals surface area contributed by atoms with Crippen molar-refractivity contribution < 1.29 is 8.97 Å². The predicted molar refractivity (Wildman–Crippen MR) is 188 cm³/mol. The molecule has 0 spiro atoms. The first-order valence-electron chi connectivity index (χ1n) is 19.8. The quantitative estimate of drug-likeness (QED) is 0.295. The van der Waals surface area contributed by atoms with Crippen molar-refractivity contribution in [2.24, 2.45) is 5.92 Å². The molecule has 2 heterocycles. The molecule has 3 nitrogen and oxygen atoms in total. The lowest BCUT2D eigenvalue weighted by atomic mass is 9.93. The Hall–Kier alpha value is -0.120. The summed E-state index contributed by atoms with van der Waals surface area (Å²) >= 11 is 0. The zero-order valence-electron chi connectivity index (χ0n) is 30.0. The van der Waals surface area contributed by atoms with E-state index in [1.807, 2.05) is 0 Å². The second-order valence-electron chi connectivity index (χ2n) is 16.0. The lowest BCUT2D eigenvalue weighted by Gasteiger charge is -2.33. The van der Waals surface area contributed by atoms with Crippen molar-refractivity contribution in [1.82, 2.24) is 4.90 Å². The smallest absolute Gasteiger partial charge is 0.0784 e. The van der Waals surface area contributed by atoms with Crippen LogP contribution in [0.25, 0.3) is 0 Å². The van der Waals surface area contributed by atoms with Crippen LogP contribution in [-0.4, -0.2) is 87.4 Å². The number of quaternary nitrogens is 2. The molecule has 2 aliphatic rings. The van der Waals surface area contributed by atoms with E-state index in [4.69, 9.17) is 0 Å². The van der Waals surface area contributed by atoms with E-state index in [1.165, 1.54) is 228 Å². The molecule has 2 fully saturated rings. The van der Waals surface area contributed by atoms with Crippen LogP contribution in [0.3, 0.4) is 0 Å². The fraction of sp³-hybridized carbons (Fsp3) is 1.00. The normalized spacial score (nSPS) is 29.9. The Bertz CT molecular complexity index is 604. The van der Waals surface area contributed by atoms with Gasteiger partial charge in [0.1, 0.15) is 0 Å². The van der Waals surface area contributed by atoms with Gasteiger partial charge in [-0.15, -0.1) is 0 Å². The highest BCUT2D eigenvalue weighted by atomic mass is 15.3. The van der Waals surface area contributed by atoms with E-state index in [9.17, 15) is 0 Å². The summed E-state index contributed by atoms with van der Waals surface area (Å²) in [5.74, 6) is 0.946. The van der Waals surface area contributed by atoms with Crippen LogP contribution >= 0.6 is 0 Å². The molecule has 0 aromatic heterocycles. The Labute approximate surface area is 266 Å². The Morgan fingerprint density at radius 3 is 1.17 bits per heavy atom. The van der Waals surface area contributed by atoms with Gasteiger partial charge in [-0.25, -0.2) is 0 Å². The Morgan fingerprint density at radius 2 is 0.762 bits per heavy atom. The summed E-state index contributed by atoms with van der Waals surface area (Å²) in [5, 5.41) is 0. The molecule has 0 N–H and O–H groups in total. The van der Waals surface area contributed by atoms with E-state index in [0.29, 0.717) is 0 Å². The minimum Gasteiger partial charge on any atom is -0.328 e. The zero-order valence-corrected chi connectivity index (χ0v) is 30.0. The molecule has 0 bridgehead atoms. The third-order valence-electron chi connectivity index (χ3n) is 11.4. The van der Waals surface area contributed by atoms with Gasteiger partial charge >= 0.3 is 0 Å². The number of hydrogen-bond donors (Lipinski definition) is 0. The van der Waals surface area contributed by atoms with Crippen molar-refractivity contribution in [3.05, 3.63) is 0 Å². The first kappa shape index (κ1) is 38.1. The molecular formula is C39H81N3+2. The van der Waals surface area contributed by atoms with E-state index < -0.39 is 0 Å². The monoisotopic (exact) mass is 592 g/mol. The molecule has 42 heavy (non-hydrogen) atoms. The molecule has 2 saturated heterocycles. The summed E-state index contributed by atoms with van der Waals surface area (Å²) in [6, 6.07) is 0. The van der Waals surface area contributed by atoms with Gasteiger partial charge < -0.3 is 13.9 Å². The maximum atomic E-state index is 2.95. The van der Waals surface area contributed by atoms with Gasteiger partial charge in [-0.3, -0.25) is 0 Å². The van der Waals surface area contributed by atoms with Crippen molar-refractivity contribution >= 4 is 0 Å². The van der Waals surface area contributed by atoms with Crippen LogP contribution in [0.1, 0.15) is 174 Å². The van der Waals surface area contributed by atoms with Crippen molar-refractivity contribution in [2.75, 3.05) is 73.5 Å². The third-order valence-corrected chi connectivity index (χ3v) is 11.4. The summed E-state index contributed by atoms with van der Waals surface area (Å²) in [5.41, 5.74) is 0. The lowest BCUT2D eigenvalue weighted by molar-refractivity contribution is -0.908. The van der Waals surface area contributed by atoms with Crippen LogP contribution < -0.4 is 0 Å². The van der Waals surface area contributed by atoms with Gasteiger partial charge in [0.05, 0.1) is 53.9 Å². The first-order valence-corrected chi connectivity index (χ1v) is 19.8.